The first-order chi connectivity index (χ1) is 16.0. The van der Waals surface area contributed by atoms with E-state index in [1.54, 1.807) is 6.92 Å². The molecular weight excluding hydrogens is 458 g/mol. The van der Waals surface area contributed by atoms with Crippen molar-refractivity contribution < 1.29 is 14.1 Å². The molecule has 2 rings (SSSR count). The third kappa shape index (κ3) is 6.85. The average Bonchev–Trinajstić information content (AvgIpc) is 3.12. The molecule has 0 radical (unpaired) electrons. The van der Waals surface area contributed by atoms with E-state index in [0.29, 0.717) is 11.3 Å². The predicted octanol–water partition coefficient (Wildman–Crippen LogP) is 7.14. The first-order valence-electron chi connectivity index (χ1n) is 13.0. The van der Waals surface area contributed by atoms with E-state index in [9.17, 15) is 14.9 Å². The van der Waals surface area contributed by atoms with E-state index in [2.05, 4.69) is 44.1 Å². The molecule has 1 N–H and O–H groups in total. The van der Waals surface area contributed by atoms with Crippen molar-refractivity contribution in [2.75, 3.05) is 29.9 Å². The van der Waals surface area contributed by atoms with E-state index in [4.69, 9.17) is 4.43 Å². The molecule has 0 aliphatic carbocycles. The van der Waals surface area contributed by atoms with Crippen molar-refractivity contribution in [1.29, 1.82) is 0 Å². The van der Waals surface area contributed by atoms with Crippen LogP contribution in [0.1, 0.15) is 83.9 Å². The first-order valence-corrected chi connectivity index (χ1v) is 15.9. The zero-order chi connectivity index (χ0) is 26.8. The van der Waals surface area contributed by atoms with Crippen LogP contribution in [0.5, 0.6) is 0 Å². The van der Waals surface area contributed by atoms with Crippen LogP contribution in [0.2, 0.25) is 18.1 Å². The van der Waals surface area contributed by atoms with Gasteiger partial charge in [0.25, 0.3) is 5.69 Å². The summed E-state index contributed by atoms with van der Waals surface area (Å²) < 4.78 is 6.29. The number of carbonyl (C=O) groups is 1. The zero-order valence-electron chi connectivity index (χ0n) is 23.7. The summed E-state index contributed by atoms with van der Waals surface area (Å²) in [6, 6.07) is 0. The number of benzene rings is 1. The standard InChI is InChI=1S/C27H47N3O4Si/c1-19-21-15-17-29(16-13-11-12-14-18-34-35(9,10)27(6,7)8)24(21)22(20(2)23(19)30(32)33)28-25(31)26(3,4)5/h11-18H2,1-10H3,(H,28,31). The largest absolute Gasteiger partial charge is 0.417 e. The number of hydrogen-bond donors (Lipinski definition) is 1. The number of nitrogens with one attached hydrogen (secondary N) is 1. The highest BCUT2D eigenvalue weighted by molar-refractivity contribution is 6.74. The number of rotatable bonds is 10. The minimum absolute atomic E-state index is 0.122. The first kappa shape index (κ1) is 29.3. The van der Waals surface area contributed by atoms with E-state index in [1.165, 1.54) is 0 Å². The Balaban J connectivity index is 2.08. The number of nitro benzene ring substituents is 1. The Morgan fingerprint density at radius 2 is 1.66 bits per heavy atom. The normalized spacial score (nSPS) is 14.3. The molecule has 7 nitrogen and oxygen atoms in total. The lowest BCUT2D eigenvalue weighted by Gasteiger charge is -2.36. The van der Waals surface area contributed by atoms with Gasteiger partial charge in [-0.15, -0.1) is 0 Å². The number of carbonyl (C=O) groups excluding carboxylic acids is 1. The number of nitrogens with zero attached hydrogens (tertiary/aromatic N) is 2. The number of amides is 1. The summed E-state index contributed by atoms with van der Waals surface area (Å²) in [5, 5.41) is 15.1. The SMILES string of the molecule is Cc1c2c(c(NC(=O)C(C)(C)C)c(C)c1[N+](=O)[O-])N(CCCCCCO[Si](C)(C)C(C)(C)C)CC2. The van der Waals surface area contributed by atoms with Gasteiger partial charge >= 0.3 is 0 Å². The highest BCUT2D eigenvalue weighted by atomic mass is 28.4. The van der Waals surface area contributed by atoms with Gasteiger partial charge in [-0.25, -0.2) is 0 Å². The van der Waals surface area contributed by atoms with Crippen LogP contribution in [0.25, 0.3) is 0 Å². The van der Waals surface area contributed by atoms with Crippen molar-refractivity contribution in [3.8, 4) is 0 Å². The number of hydrogen-bond acceptors (Lipinski definition) is 5. The lowest BCUT2D eigenvalue weighted by Crippen LogP contribution is -2.40. The molecule has 1 aliphatic heterocycles. The van der Waals surface area contributed by atoms with Crippen molar-refractivity contribution in [2.45, 2.75) is 106 Å². The minimum Gasteiger partial charge on any atom is -0.417 e. The summed E-state index contributed by atoms with van der Waals surface area (Å²) >= 11 is 0. The monoisotopic (exact) mass is 505 g/mol. The van der Waals surface area contributed by atoms with E-state index in [0.717, 1.165) is 68.6 Å². The Kier molecular flexibility index (Phi) is 9.20. The van der Waals surface area contributed by atoms with E-state index < -0.39 is 13.7 Å². The lowest BCUT2D eigenvalue weighted by molar-refractivity contribution is -0.386. The van der Waals surface area contributed by atoms with Gasteiger partial charge in [0.1, 0.15) is 0 Å². The molecule has 8 heteroatoms. The Bertz CT molecular complexity index is 945. The van der Waals surface area contributed by atoms with Crippen molar-refractivity contribution >= 4 is 31.3 Å². The second-order valence-corrected chi connectivity index (χ2v) is 17.3. The maximum atomic E-state index is 12.8. The number of unbranched alkanes of at least 4 members (excludes halogenated alkanes) is 3. The van der Waals surface area contributed by atoms with Crippen LogP contribution in [-0.2, 0) is 15.6 Å². The van der Waals surface area contributed by atoms with Gasteiger partial charge < -0.3 is 14.6 Å². The molecule has 0 atom stereocenters. The van der Waals surface area contributed by atoms with Crippen LogP contribution in [0.15, 0.2) is 0 Å². The van der Waals surface area contributed by atoms with Crippen LogP contribution in [0.3, 0.4) is 0 Å². The van der Waals surface area contributed by atoms with Gasteiger partial charge in [-0.1, -0.05) is 54.4 Å². The Hall–Kier alpha value is -1.93. The van der Waals surface area contributed by atoms with Crippen molar-refractivity contribution in [3.05, 3.63) is 26.8 Å². The molecule has 198 valence electrons. The van der Waals surface area contributed by atoms with Crippen LogP contribution in [-0.4, -0.2) is 38.8 Å². The summed E-state index contributed by atoms with van der Waals surface area (Å²) in [5.74, 6) is -0.130. The lowest BCUT2D eigenvalue weighted by atomic mass is 9.93. The molecule has 35 heavy (non-hydrogen) atoms. The summed E-state index contributed by atoms with van der Waals surface area (Å²) in [5.41, 5.74) is 3.38. The highest BCUT2D eigenvalue weighted by Crippen LogP contribution is 2.45. The Morgan fingerprint density at radius 3 is 2.20 bits per heavy atom. The van der Waals surface area contributed by atoms with Crippen LogP contribution in [0.4, 0.5) is 17.1 Å². The smallest absolute Gasteiger partial charge is 0.277 e. The molecule has 0 unspecified atom stereocenters. The van der Waals surface area contributed by atoms with Gasteiger partial charge in [0, 0.05) is 30.7 Å². The summed E-state index contributed by atoms with van der Waals surface area (Å²) in [7, 11) is -1.68. The fourth-order valence-corrected chi connectivity index (χ4v) is 5.40. The molecule has 0 aromatic heterocycles. The van der Waals surface area contributed by atoms with Crippen LogP contribution in [0, 0.1) is 29.4 Å². The number of nitro groups is 1. The maximum absolute atomic E-state index is 12.8. The molecule has 0 saturated heterocycles. The topological polar surface area (TPSA) is 84.7 Å². The van der Waals surface area contributed by atoms with Gasteiger partial charge in [0.2, 0.25) is 5.91 Å². The van der Waals surface area contributed by atoms with Gasteiger partial charge in [-0.3, -0.25) is 14.9 Å². The Morgan fingerprint density at radius 1 is 1.06 bits per heavy atom. The fraction of sp³-hybridized carbons (Fsp3) is 0.741. The fourth-order valence-electron chi connectivity index (χ4n) is 4.32. The van der Waals surface area contributed by atoms with Gasteiger partial charge in [-0.2, -0.15) is 0 Å². The van der Waals surface area contributed by atoms with E-state index in [1.807, 2.05) is 27.7 Å². The predicted molar refractivity (Wildman–Crippen MR) is 148 cm³/mol. The highest BCUT2D eigenvalue weighted by Gasteiger charge is 2.37. The van der Waals surface area contributed by atoms with Crippen molar-refractivity contribution in [2.24, 2.45) is 5.41 Å². The molecule has 0 fully saturated rings. The number of fused-ring (bicyclic) bond motifs is 1. The maximum Gasteiger partial charge on any atom is 0.277 e. The van der Waals surface area contributed by atoms with Crippen molar-refractivity contribution in [1.82, 2.24) is 0 Å². The minimum atomic E-state index is -1.68. The molecule has 1 aromatic rings. The summed E-state index contributed by atoms with van der Waals surface area (Å²) in [6.45, 7) is 23.1. The quantitative estimate of drug-likeness (QED) is 0.158. The number of anilines is 2. The third-order valence-electron chi connectivity index (χ3n) is 7.70. The molecular formula is C27H47N3O4Si. The van der Waals surface area contributed by atoms with Gasteiger partial charge in [0.05, 0.1) is 21.9 Å². The van der Waals surface area contributed by atoms with Gasteiger partial charge in [-0.05, 0) is 56.8 Å². The average molecular weight is 506 g/mol. The van der Waals surface area contributed by atoms with Crippen molar-refractivity contribution in [3.63, 3.8) is 0 Å². The van der Waals surface area contributed by atoms with Crippen LogP contribution < -0.4 is 10.2 Å². The molecule has 1 heterocycles. The molecule has 1 aliphatic rings. The Labute approximate surface area is 213 Å². The van der Waals surface area contributed by atoms with Crippen LogP contribution >= 0.6 is 0 Å². The molecule has 0 saturated carbocycles. The summed E-state index contributed by atoms with van der Waals surface area (Å²) in [4.78, 5) is 26.7. The molecule has 1 aromatic carbocycles. The van der Waals surface area contributed by atoms with Gasteiger partial charge in [0.15, 0.2) is 8.32 Å². The molecule has 0 bridgehead atoms. The second kappa shape index (κ2) is 11.0. The molecule has 0 spiro atoms. The second-order valence-electron chi connectivity index (χ2n) is 12.5. The van der Waals surface area contributed by atoms with E-state index >= 15 is 0 Å². The van der Waals surface area contributed by atoms with E-state index in [-0.39, 0.29) is 21.6 Å². The molecule has 1 amide bonds. The summed E-state index contributed by atoms with van der Waals surface area (Å²) in [6.07, 6.45) is 5.12. The zero-order valence-corrected chi connectivity index (χ0v) is 24.7. The third-order valence-corrected chi connectivity index (χ3v) is 12.2.